The molecule has 0 saturated heterocycles. The van der Waals surface area contributed by atoms with Gasteiger partial charge in [0.25, 0.3) is 0 Å². The van der Waals surface area contributed by atoms with E-state index in [1.807, 2.05) is 36.4 Å². The molecule has 1 N–H and O–H groups in total. The minimum absolute atomic E-state index is 0.0396. The largest absolute Gasteiger partial charge is 0.494 e. The average molecular weight is 659 g/mol. The Kier molecular flexibility index (Phi) is 17.5. The first-order valence-electron chi connectivity index (χ1n) is 15.7. The fraction of sp³-hybridized carbons (Fsp3) is 0.417. The summed E-state index contributed by atoms with van der Waals surface area (Å²) < 4.78 is 57.0. The van der Waals surface area contributed by atoms with Gasteiger partial charge in [0.1, 0.15) is 19.0 Å². The van der Waals surface area contributed by atoms with E-state index < -0.39 is 17.6 Å². The van der Waals surface area contributed by atoms with Gasteiger partial charge in [0.2, 0.25) is 5.82 Å². The predicted octanol–water partition coefficient (Wildman–Crippen LogP) is 6.71. The molecule has 0 unspecified atom stereocenters. The summed E-state index contributed by atoms with van der Waals surface area (Å²) in [5.41, 5.74) is 2.84. The van der Waals surface area contributed by atoms with Crippen LogP contribution in [0.1, 0.15) is 32.6 Å². The van der Waals surface area contributed by atoms with Crippen LogP contribution < -0.4 is 9.47 Å². The van der Waals surface area contributed by atoms with Crippen molar-refractivity contribution in [3.8, 4) is 33.8 Å². The second-order valence-corrected chi connectivity index (χ2v) is 10.5. The van der Waals surface area contributed by atoms with Crippen LogP contribution in [-0.4, -0.2) is 77.1 Å². The highest BCUT2D eigenvalue weighted by molar-refractivity contribution is 5.86. The number of unbranched alkanes of at least 4 members (excludes halogenated alkanes) is 3. The van der Waals surface area contributed by atoms with E-state index in [1.165, 1.54) is 19.1 Å². The third-order valence-corrected chi connectivity index (χ3v) is 6.77. The summed E-state index contributed by atoms with van der Waals surface area (Å²) in [5.74, 6) is -2.07. The van der Waals surface area contributed by atoms with Gasteiger partial charge in [0, 0.05) is 17.7 Å². The molecule has 0 saturated carbocycles. The van der Waals surface area contributed by atoms with Crippen molar-refractivity contribution < 1.29 is 52.1 Å². The number of carbonyl (C=O) groups excluding carboxylic acids is 1. The summed E-state index contributed by atoms with van der Waals surface area (Å²) in [6.07, 6.45) is 3.78. The molecule has 47 heavy (non-hydrogen) atoms. The molecule has 0 aliphatic heterocycles. The van der Waals surface area contributed by atoms with Crippen molar-refractivity contribution in [1.29, 1.82) is 0 Å². The van der Waals surface area contributed by atoms with Crippen molar-refractivity contribution in [2.75, 3.05) is 66.1 Å². The van der Waals surface area contributed by atoms with Crippen molar-refractivity contribution in [2.24, 2.45) is 0 Å². The molecule has 256 valence electrons. The van der Waals surface area contributed by atoms with Gasteiger partial charge in [-0.3, -0.25) is 4.89 Å². The maximum atomic E-state index is 15.0. The summed E-state index contributed by atoms with van der Waals surface area (Å²) in [4.78, 5) is 20.3. The summed E-state index contributed by atoms with van der Waals surface area (Å²) in [7, 11) is 0. The van der Waals surface area contributed by atoms with E-state index in [0.29, 0.717) is 38.6 Å². The molecule has 0 bridgehead atoms. The molecule has 11 heteroatoms. The fourth-order valence-corrected chi connectivity index (χ4v) is 4.22. The molecule has 0 heterocycles. The molecule has 0 fully saturated rings. The maximum Gasteiger partial charge on any atom is 0.368 e. The highest BCUT2D eigenvalue weighted by atomic mass is 19.2. The second-order valence-electron chi connectivity index (χ2n) is 10.5. The van der Waals surface area contributed by atoms with Gasteiger partial charge in [0.05, 0.1) is 46.2 Å². The molecular formula is C36H44F2O9. The quantitative estimate of drug-likeness (QED) is 0.0487. The minimum atomic E-state index is -1.06. The Morgan fingerprint density at radius 2 is 1.19 bits per heavy atom. The lowest BCUT2D eigenvalue weighted by atomic mass is 9.99. The van der Waals surface area contributed by atoms with E-state index >= 15 is 0 Å². The first-order chi connectivity index (χ1) is 22.9. The number of halogens is 2. The molecule has 3 aromatic carbocycles. The minimum Gasteiger partial charge on any atom is -0.494 e. The van der Waals surface area contributed by atoms with E-state index in [0.717, 1.165) is 42.6 Å². The number of aliphatic hydroxyl groups excluding tert-OH is 1. The van der Waals surface area contributed by atoms with E-state index in [9.17, 15) is 13.6 Å². The van der Waals surface area contributed by atoms with Gasteiger partial charge in [-0.1, -0.05) is 49.4 Å². The number of aliphatic hydroxyl groups is 1. The van der Waals surface area contributed by atoms with Crippen LogP contribution >= 0.6 is 0 Å². The van der Waals surface area contributed by atoms with Crippen LogP contribution in [0.2, 0.25) is 0 Å². The van der Waals surface area contributed by atoms with Gasteiger partial charge in [-0.25, -0.2) is 9.18 Å². The lowest BCUT2D eigenvalue weighted by Gasteiger charge is -2.12. The highest BCUT2D eigenvalue weighted by Crippen LogP contribution is 2.32. The predicted molar refractivity (Wildman–Crippen MR) is 173 cm³/mol. The van der Waals surface area contributed by atoms with Crippen molar-refractivity contribution >= 4 is 5.97 Å². The van der Waals surface area contributed by atoms with Crippen LogP contribution in [0, 0.1) is 11.6 Å². The molecule has 9 nitrogen and oxygen atoms in total. The summed E-state index contributed by atoms with van der Waals surface area (Å²) in [6.45, 7) is 7.60. The van der Waals surface area contributed by atoms with Crippen LogP contribution in [0.15, 0.2) is 72.8 Å². The zero-order chi connectivity index (χ0) is 33.7. The third-order valence-electron chi connectivity index (χ3n) is 6.77. The van der Waals surface area contributed by atoms with Gasteiger partial charge in [-0.05, 0) is 67.1 Å². The van der Waals surface area contributed by atoms with Crippen LogP contribution in [0.5, 0.6) is 11.5 Å². The zero-order valence-electron chi connectivity index (χ0n) is 26.8. The highest BCUT2D eigenvalue weighted by Gasteiger charge is 2.16. The van der Waals surface area contributed by atoms with Crippen molar-refractivity contribution in [3.05, 3.63) is 84.5 Å². The van der Waals surface area contributed by atoms with Crippen molar-refractivity contribution in [3.63, 3.8) is 0 Å². The van der Waals surface area contributed by atoms with Crippen molar-refractivity contribution in [2.45, 2.75) is 32.6 Å². The Morgan fingerprint density at radius 3 is 1.81 bits per heavy atom. The van der Waals surface area contributed by atoms with Gasteiger partial charge >= 0.3 is 5.97 Å². The number of hydrogen-bond acceptors (Lipinski definition) is 9. The smallest absolute Gasteiger partial charge is 0.368 e. The van der Waals surface area contributed by atoms with Crippen LogP contribution in [0.3, 0.4) is 0 Å². The molecule has 0 aliphatic rings. The molecule has 0 amide bonds. The molecule has 3 rings (SSSR count). The molecule has 0 aliphatic carbocycles. The van der Waals surface area contributed by atoms with E-state index in [2.05, 4.69) is 16.4 Å². The van der Waals surface area contributed by atoms with Gasteiger partial charge in [-0.15, -0.1) is 0 Å². The first-order valence-corrected chi connectivity index (χ1v) is 15.7. The maximum absolute atomic E-state index is 15.0. The SMILES string of the molecule is C=C(C)C(=O)OOCCOCCOCCOCCOc1ccc(-c2ccc(-c3ccc(OCCCCCCO)cc3)cc2)c(F)c1F. The fourth-order valence-electron chi connectivity index (χ4n) is 4.22. The molecular weight excluding hydrogens is 614 g/mol. The molecule has 0 atom stereocenters. The summed E-state index contributed by atoms with van der Waals surface area (Å²) in [6, 6.07) is 17.9. The number of benzene rings is 3. The van der Waals surface area contributed by atoms with Gasteiger partial charge in [-0.2, -0.15) is 9.28 Å². The Morgan fingerprint density at radius 1 is 0.638 bits per heavy atom. The first kappa shape index (κ1) is 37.6. The van der Waals surface area contributed by atoms with Crippen LogP contribution in [0.4, 0.5) is 8.78 Å². The number of hydrogen-bond donors (Lipinski definition) is 1. The van der Waals surface area contributed by atoms with Gasteiger partial charge in [0.15, 0.2) is 11.6 Å². The Labute approximate surface area is 274 Å². The van der Waals surface area contributed by atoms with Crippen LogP contribution in [0.25, 0.3) is 22.3 Å². The van der Waals surface area contributed by atoms with Crippen LogP contribution in [-0.2, 0) is 28.8 Å². The monoisotopic (exact) mass is 658 g/mol. The average Bonchev–Trinajstić information content (AvgIpc) is 3.08. The topological polar surface area (TPSA) is 102 Å². The lowest BCUT2D eigenvalue weighted by molar-refractivity contribution is -0.272. The molecule has 0 aromatic heterocycles. The molecule has 0 radical (unpaired) electrons. The normalized spacial score (nSPS) is 11.0. The Bertz CT molecular complexity index is 1350. The lowest BCUT2D eigenvalue weighted by Crippen LogP contribution is -2.14. The molecule has 0 spiro atoms. The Hall–Kier alpha value is -3.87. The molecule has 3 aromatic rings. The van der Waals surface area contributed by atoms with Gasteiger partial charge < -0.3 is 28.8 Å². The standard InChI is InChI=1S/C36H44F2O9/c1-27(2)36(40)47-46-26-24-43-22-20-41-19-21-42-23-25-45-33-16-15-32(34(37)35(33)38)30-9-7-28(8-10-30)29-11-13-31(14-12-29)44-18-6-4-3-5-17-39/h7-16,39H,1,3-6,17-26H2,2H3. The number of carbonyl (C=O) groups is 1. The summed E-state index contributed by atoms with van der Waals surface area (Å²) >= 11 is 0. The van der Waals surface area contributed by atoms with E-state index in [-0.39, 0.29) is 49.9 Å². The number of ether oxygens (including phenoxy) is 5. The van der Waals surface area contributed by atoms with E-state index in [1.54, 1.807) is 12.1 Å². The van der Waals surface area contributed by atoms with Crippen molar-refractivity contribution in [1.82, 2.24) is 0 Å². The zero-order valence-corrected chi connectivity index (χ0v) is 26.8. The summed E-state index contributed by atoms with van der Waals surface area (Å²) in [5, 5.41) is 8.84. The Balaban J connectivity index is 1.31. The second kappa shape index (κ2) is 21.8. The third kappa shape index (κ3) is 13.8. The number of rotatable bonds is 24. The van der Waals surface area contributed by atoms with E-state index in [4.69, 9.17) is 28.8 Å².